The second kappa shape index (κ2) is 9.96. The van der Waals surface area contributed by atoms with E-state index < -0.39 is 8.07 Å². The summed E-state index contributed by atoms with van der Waals surface area (Å²) in [5.74, 6) is -0.0135. The Morgan fingerprint density at radius 2 is 1.06 bits per heavy atom. The smallest absolute Gasteiger partial charge is 0.180 e. The molecule has 0 saturated heterocycles. The minimum atomic E-state index is -2.58. The first-order valence-electron chi connectivity index (χ1n) is 11.8. The number of aromatic nitrogens is 1. The Kier molecular flexibility index (Phi) is 6.42. The average molecular weight is 470 g/mol. The van der Waals surface area contributed by atoms with E-state index >= 15 is 0 Å². The summed E-state index contributed by atoms with van der Waals surface area (Å²) in [5.41, 5.74) is 1.84. The quantitative estimate of drug-likeness (QED) is 0.163. The fourth-order valence-electron chi connectivity index (χ4n) is 4.97. The van der Waals surface area contributed by atoms with Crippen molar-refractivity contribution < 1.29 is 9.67 Å². The molecule has 0 N–H and O–H groups in total. The van der Waals surface area contributed by atoms with Crippen molar-refractivity contribution >= 4 is 40.8 Å². The summed E-state index contributed by atoms with van der Waals surface area (Å²) < 4.78 is 1.88. The van der Waals surface area contributed by atoms with Crippen LogP contribution in [0, 0.1) is 6.92 Å². The molecule has 0 unspecified atom stereocenters. The van der Waals surface area contributed by atoms with Gasteiger partial charge in [0, 0.05) is 11.6 Å². The van der Waals surface area contributed by atoms with Gasteiger partial charge in [-0.2, -0.15) is 4.57 Å². The topological polar surface area (TPSA) is 26.9 Å². The molecular weight excluding hydrogens is 442 g/mol. The van der Waals surface area contributed by atoms with Crippen molar-refractivity contribution in [3.05, 3.63) is 151 Å². The van der Waals surface area contributed by atoms with E-state index in [0.29, 0.717) is 5.56 Å². The molecule has 0 spiro atoms. The molecule has 0 bridgehead atoms. The molecule has 1 heterocycles. The van der Waals surface area contributed by atoms with Gasteiger partial charge in [-0.25, -0.2) is 0 Å². The zero-order chi connectivity index (χ0) is 24.1. The zero-order valence-electron chi connectivity index (χ0n) is 19.7. The Hall–Kier alpha value is -4.21. The number of benzene rings is 4. The predicted molar refractivity (Wildman–Crippen MR) is 146 cm³/mol. The predicted octanol–water partition coefficient (Wildman–Crippen LogP) is 2.98. The van der Waals surface area contributed by atoms with Crippen LogP contribution in [-0.2, 0) is 0 Å². The van der Waals surface area contributed by atoms with Crippen molar-refractivity contribution in [1.82, 2.24) is 0 Å². The number of nitrogens with zero attached hydrogens (tertiary/aromatic N) is 1. The first-order valence-corrected chi connectivity index (χ1v) is 13.8. The fourth-order valence-corrected chi connectivity index (χ4v) is 9.96. The fraction of sp³-hybridized carbons (Fsp3) is 0.0312. The number of hydrogen-bond acceptors (Lipinski definition) is 1. The van der Waals surface area contributed by atoms with Gasteiger partial charge in [-0.1, -0.05) is 121 Å². The van der Waals surface area contributed by atoms with Crippen LogP contribution in [0.5, 0.6) is 0 Å². The molecule has 35 heavy (non-hydrogen) atoms. The van der Waals surface area contributed by atoms with Crippen molar-refractivity contribution in [3.63, 3.8) is 0 Å². The van der Waals surface area contributed by atoms with E-state index in [1.807, 2.05) is 41.1 Å². The highest BCUT2D eigenvalue weighted by molar-refractivity contribution is 7.20. The Morgan fingerprint density at radius 1 is 0.629 bits per heavy atom. The summed E-state index contributed by atoms with van der Waals surface area (Å²) in [6.07, 6.45) is 5.75. The monoisotopic (exact) mass is 469 g/mol. The summed E-state index contributed by atoms with van der Waals surface area (Å²) in [7, 11) is -2.58. The van der Waals surface area contributed by atoms with E-state index in [-0.39, 0.29) is 5.76 Å². The van der Waals surface area contributed by atoms with E-state index in [9.17, 15) is 5.11 Å². The van der Waals surface area contributed by atoms with Gasteiger partial charge < -0.3 is 5.11 Å². The van der Waals surface area contributed by atoms with Gasteiger partial charge in [0.05, 0.1) is 0 Å². The average Bonchev–Trinajstić information content (AvgIpc) is 2.92. The maximum Gasteiger partial charge on any atom is 0.180 e. The third-order valence-corrected chi connectivity index (χ3v) is 11.5. The standard InChI is InChI=1S/C32H27NOSi/c1-26-24-33(25-31(34)27-14-6-2-7-15-27)23-22-32(26)35(28-16-8-3-9-17-28,29-18-10-4-11-19-29)30-20-12-5-13-21-30/h2-25H,1H3/b31-25-. The van der Waals surface area contributed by atoms with Crippen molar-refractivity contribution in [2.45, 2.75) is 6.92 Å². The lowest BCUT2D eigenvalue weighted by Gasteiger charge is -2.34. The van der Waals surface area contributed by atoms with Gasteiger partial charge in [0.25, 0.3) is 0 Å². The van der Waals surface area contributed by atoms with Gasteiger partial charge in [0.2, 0.25) is 0 Å². The number of aryl methyl sites for hydroxylation is 1. The van der Waals surface area contributed by atoms with Crippen molar-refractivity contribution in [2.75, 3.05) is 0 Å². The molecule has 0 fully saturated rings. The molecule has 0 atom stereocenters. The van der Waals surface area contributed by atoms with Gasteiger partial charge in [0.1, 0.15) is 0 Å². The molecule has 0 radical (unpaired) electrons. The van der Waals surface area contributed by atoms with Crippen LogP contribution in [0.25, 0.3) is 12.0 Å². The highest BCUT2D eigenvalue weighted by Crippen LogP contribution is 2.11. The van der Waals surface area contributed by atoms with E-state index in [1.54, 1.807) is 6.20 Å². The summed E-state index contributed by atoms with van der Waals surface area (Å²) >= 11 is 0. The molecule has 170 valence electrons. The lowest BCUT2D eigenvalue weighted by molar-refractivity contribution is -0.570. The van der Waals surface area contributed by atoms with Crippen LogP contribution in [0.2, 0.25) is 0 Å². The maximum atomic E-state index is 12.8. The molecule has 0 aliphatic rings. The van der Waals surface area contributed by atoms with Crippen LogP contribution in [0.3, 0.4) is 0 Å². The second-order valence-corrected chi connectivity index (χ2v) is 12.5. The Balaban J connectivity index is 1.74. The largest absolute Gasteiger partial charge is 0.868 e. The molecular formula is C32H27NOSi. The van der Waals surface area contributed by atoms with Gasteiger partial charge in [-0.05, 0) is 39.0 Å². The van der Waals surface area contributed by atoms with Crippen LogP contribution in [-0.4, -0.2) is 8.07 Å². The lowest BCUT2D eigenvalue weighted by atomic mass is 10.2. The minimum Gasteiger partial charge on any atom is -0.868 e. The number of hydrogen-bond donors (Lipinski definition) is 0. The van der Waals surface area contributed by atoms with Gasteiger partial charge >= 0.3 is 0 Å². The highest BCUT2D eigenvalue weighted by atomic mass is 28.3. The molecule has 2 nitrogen and oxygen atoms in total. The van der Waals surface area contributed by atoms with Crippen LogP contribution < -0.4 is 30.4 Å². The summed E-state index contributed by atoms with van der Waals surface area (Å²) in [4.78, 5) is 0. The minimum absolute atomic E-state index is 0.0135. The molecule has 5 aromatic rings. The molecule has 5 rings (SSSR count). The maximum absolute atomic E-state index is 12.8. The second-order valence-electron chi connectivity index (χ2n) is 8.70. The van der Waals surface area contributed by atoms with Crippen molar-refractivity contribution in [1.29, 1.82) is 0 Å². The van der Waals surface area contributed by atoms with Crippen molar-refractivity contribution in [3.8, 4) is 0 Å². The third kappa shape index (κ3) is 4.34. The molecule has 0 aliphatic carbocycles. The Labute approximate surface area is 208 Å². The summed E-state index contributed by atoms with van der Waals surface area (Å²) in [6, 6.07) is 44.2. The van der Waals surface area contributed by atoms with E-state index in [0.717, 1.165) is 5.56 Å². The van der Waals surface area contributed by atoms with E-state index in [4.69, 9.17) is 0 Å². The molecule has 1 aromatic heterocycles. The normalized spacial score (nSPS) is 11.9. The summed E-state index contributed by atoms with van der Waals surface area (Å²) in [5, 5.41) is 18.1. The Bertz CT molecular complexity index is 1340. The molecule has 4 aromatic carbocycles. The van der Waals surface area contributed by atoms with Crippen LogP contribution in [0.1, 0.15) is 11.1 Å². The molecule has 0 saturated carbocycles. The first kappa shape index (κ1) is 22.6. The highest BCUT2D eigenvalue weighted by Gasteiger charge is 2.42. The first-order chi connectivity index (χ1) is 17.2. The van der Waals surface area contributed by atoms with Crippen LogP contribution in [0.4, 0.5) is 0 Å². The van der Waals surface area contributed by atoms with Crippen molar-refractivity contribution in [2.24, 2.45) is 0 Å². The lowest BCUT2D eigenvalue weighted by Crippen LogP contribution is -2.75. The summed E-state index contributed by atoms with van der Waals surface area (Å²) in [6.45, 7) is 2.16. The van der Waals surface area contributed by atoms with Gasteiger partial charge in [-0.3, -0.25) is 0 Å². The number of rotatable bonds is 6. The van der Waals surface area contributed by atoms with E-state index in [2.05, 4.69) is 110 Å². The third-order valence-electron chi connectivity index (χ3n) is 6.53. The Morgan fingerprint density at radius 3 is 1.49 bits per heavy atom. The molecule has 0 amide bonds. The molecule has 3 heteroatoms. The zero-order valence-corrected chi connectivity index (χ0v) is 20.7. The van der Waals surface area contributed by atoms with Gasteiger partial charge in [0.15, 0.2) is 26.7 Å². The van der Waals surface area contributed by atoms with E-state index in [1.165, 1.54) is 20.7 Å². The van der Waals surface area contributed by atoms with Crippen LogP contribution >= 0.6 is 0 Å². The molecule has 0 aliphatic heterocycles. The van der Waals surface area contributed by atoms with Crippen LogP contribution in [0.15, 0.2) is 140 Å². The van der Waals surface area contributed by atoms with Gasteiger partial charge in [-0.15, -0.1) is 0 Å². The SMILES string of the molecule is Cc1c[n+](/C=C(\[O-])c2ccccc2)ccc1[Si](c1ccccc1)(c1ccccc1)c1ccccc1. The number of pyridine rings is 1.